The van der Waals surface area contributed by atoms with Crippen LogP contribution >= 0.6 is 11.8 Å². The minimum Gasteiger partial charge on any atom is -0.497 e. The fourth-order valence-corrected chi connectivity index (χ4v) is 4.98. The number of hydrogen-bond donors (Lipinski definition) is 1. The van der Waals surface area contributed by atoms with Crippen molar-refractivity contribution in [2.24, 2.45) is 0 Å². The van der Waals surface area contributed by atoms with Crippen molar-refractivity contribution in [2.75, 3.05) is 32.5 Å². The molecule has 158 valence electrons. The summed E-state index contributed by atoms with van der Waals surface area (Å²) in [5.41, 5.74) is 2.39. The van der Waals surface area contributed by atoms with Crippen LogP contribution in [0.25, 0.3) is 0 Å². The second-order valence-electron chi connectivity index (χ2n) is 7.69. The van der Waals surface area contributed by atoms with Gasteiger partial charge in [0.05, 0.1) is 7.11 Å². The molecule has 0 saturated carbocycles. The number of rotatable bonds is 7. The molecule has 2 aromatic rings. The highest BCUT2D eigenvalue weighted by Crippen LogP contribution is 2.21. The van der Waals surface area contributed by atoms with Crippen molar-refractivity contribution in [2.45, 2.75) is 24.4 Å². The van der Waals surface area contributed by atoms with Crippen LogP contribution in [0.3, 0.4) is 0 Å². The van der Waals surface area contributed by atoms with Crippen molar-refractivity contribution >= 4 is 23.6 Å². The molecule has 0 aromatic heterocycles. The third-order valence-corrected chi connectivity index (χ3v) is 6.73. The lowest BCUT2D eigenvalue weighted by Crippen LogP contribution is -2.69. The standard InChI is InChI=1S/C23H27N3O3S/c1-29-19-9-7-17(8-10-19)13-25-11-12-26-21(14-25)22(27)24-20(23(26)28)16-30-15-18-5-3-2-4-6-18/h2-10,20-21H,11-16H2,1H3,(H,24,27)/t20-,21+/m0/s1. The normalized spacial score (nSPS) is 21.8. The van der Waals surface area contributed by atoms with Crippen LogP contribution < -0.4 is 10.1 Å². The van der Waals surface area contributed by atoms with Crippen LogP contribution in [0, 0.1) is 0 Å². The highest BCUT2D eigenvalue weighted by Gasteiger charge is 2.43. The summed E-state index contributed by atoms with van der Waals surface area (Å²) < 4.78 is 5.21. The number of methoxy groups -OCH3 is 1. The number of carbonyl (C=O) groups excluding carboxylic acids is 2. The van der Waals surface area contributed by atoms with Gasteiger partial charge in [-0.15, -0.1) is 0 Å². The fourth-order valence-electron chi connectivity index (χ4n) is 3.97. The van der Waals surface area contributed by atoms with Gasteiger partial charge in [-0.1, -0.05) is 42.5 Å². The molecule has 2 aromatic carbocycles. The van der Waals surface area contributed by atoms with Gasteiger partial charge in [0.2, 0.25) is 11.8 Å². The Hall–Kier alpha value is -2.51. The average molecular weight is 426 g/mol. The van der Waals surface area contributed by atoms with E-state index in [9.17, 15) is 9.59 Å². The molecule has 2 saturated heterocycles. The molecule has 0 aliphatic carbocycles. The van der Waals surface area contributed by atoms with E-state index >= 15 is 0 Å². The monoisotopic (exact) mass is 425 g/mol. The van der Waals surface area contributed by atoms with Gasteiger partial charge in [0.15, 0.2) is 0 Å². The van der Waals surface area contributed by atoms with Crippen molar-refractivity contribution in [1.82, 2.24) is 15.1 Å². The maximum atomic E-state index is 12.9. The van der Waals surface area contributed by atoms with E-state index in [0.717, 1.165) is 24.6 Å². The van der Waals surface area contributed by atoms with Gasteiger partial charge in [0.1, 0.15) is 17.8 Å². The van der Waals surface area contributed by atoms with Crippen molar-refractivity contribution in [3.8, 4) is 5.75 Å². The Kier molecular flexibility index (Phi) is 6.59. The zero-order chi connectivity index (χ0) is 20.9. The SMILES string of the molecule is COc1ccc(CN2CCN3C(=O)[C@H](CSCc4ccccc4)NC(=O)[C@H]3C2)cc1. The summed E-state index contributed by atoms with van der Waals surface area (Å²) in [7, 11) is 1.65. The lowest BCUT2D eigenvalue weighted by atomic mass is 10.0. The van der Waals surface area contributed by atoms with Gasteiger partial charge >= 0.3 is 0 Å². The van der Waals surface area contributed by atoms with Crippen molar-refractivity contribution in [1.29, 1.82) is 0 Å². The predicted molar refractivity (Wildman–Crippen MR) is 118 cm³/mol. The topological polar surface area (TPSA) is 61.9 Å². The van der Waals surface area contributed by atoms with E-state index < -0.39 is 12.1 Å². The van der Waals surface area contributed by atoms with E-state index in [0.29, 0.717) is 18.8 Å². The molecule has 2 fully saturated rings. The van der Waals surface area contributed by atoms with E-state index in [1.807, 2.05) is 42.5 Å². The van der Waals surface area contributed by atoms with Gasteiger partial charge in [0, 0.05) is 37.7 Å². The fraction of sp³-hybridized carbons (Fsp3) is 0.391. The molecule has 2 aliphatic heterocycles. The first-order chi connectivity index (χ1) is 14.6. The van der Waals surface area contributed by atoms with Crippen LogP contribution in [0.15, 0.2) is 54.6 Å². The highest BCUT2D eigenvalue weighted by molar-refractivity contribution is 7.98. The lowest BCUT2D eigenvalue weighted by Gasteiger charge is -2.45. The van der Waals surface area contributed by atoms with Crippen LogP contribution in [0.4, 0.5) is 0 Å². The summed E-state index contributed by atoms with van der Waals surface area (Å²) in [5.74, 6) is 2.26. The van der Waals surface area contributed by atoms with Crippen molar-refractivity contribution in [3.05, 3.63) is 65.7 Å². The number of benzene rings is 2. The second-order valence-corrected chi connectivity index (χ2v) is 8.72. The number of hydrogen-bond acceptors (Lipinski definition) is 5. The molecule has 2 heterocycles. The molecule has 4 rings (SSSR count). The summed E-state index contributed by atoms with van der Waals surface area (Å²) in [6.07, 6.45) is 0. The van der Waals surface area contributed by atoms with Gasteiger partial charge in [0.25, 0.3) is 0 Å². The first-order valence-electron chi connectivity index (χ1n) is 10.2. The lowest BCUT2D eigenvalue weighted by molar-refractivity contribution is -0.152. The number of piperazine rings is 2. The van der Waals surface area contributed by atoms with Gasteiger partial charge < -0.3 is 15.0 Å². The average Bonchev–Trinajstić information content (AvgIpc) is 2.78. The third-order valence-electron chi connectivity index (χ3n) is 5.63. The van der Waals surface area contributed by atoms with Crippen LogP contribution in [0.1, 0.15) is 11.1 Å². The van der Waals surface area contributed by atoms with Crippen LogP contribution in [0.5, 0.6) is 5.75 Å². The Morgan fingerprint density at radius 3 is 2.53 bits per heavy atom. The maximum absolute atomic E-state index is 12.9. The summed E-state index contributed by atoms with van der Waals surface area (Å²) in [6, 6.07) is 17.3. The number of nitrogens with zero attached hydrogens (tertiary/aromatic N) is 2. The summed E-state index contributed by atoms with van der Waals surface area (Å²) in [6.45, 7) is 2.68. The summed E-state index contributed by atoms with van der Waals surface area (Å²) >= 11 is 1.68. The molecule has 2 atom stereocenters. The highest BCUT2D eigenvalue weighted by atomic mass is 32.2. The molecule has 2 aliphatic rings. The molecule has 0 bridgehead atoms. The number of ether oxygens (including phenoxy) is 1. The Balaban J connectivity index is 1.31. The van der Waals surface area contributed by atoms with E-state index in [-0.39, 0.29) is 11.8 Å². The Labute approximate surface area is 181 Å². The van der Waals surface area contributed by atoms with Crippen LogP contribution in [-0.2, 0) is 21.9 Å². The van der Waals surface area contributed by atoms with Crippen molar-refractivity contribution < 1.29 is 14.3 Å². The van der Waals surface area contributed by atoms with E-state index in [1.54, 1.807) is 23.8 Å². The number of carbonyl (C=O) groups is 2. The molecule has 1 N–H and O–H groups in total. The molecular formula is C23H27N3O3S. The van der Waals surface area contributed by atoms with E-state index in [4.69, 9.17) is 4.74 Å². The zero-order valence-electron chi connectivity index (χ0n) is 17.1. The first-order valence-corrected chi connectivity index (χ1v) is 11.4. The predicted octanol–water partition coefficient (Wildman–Crippen LogP) is 2.14. The maximum Gasteiger partial charge on any atom is 0.246 e. The Morgan fingerprint density at radius 2 is 1.80 bits per heavy atom. The van der Waals surface area contributed by atoms with E-state index in [2.05, 4.69) is 22.3 Å². The zero-order valence-corrected chi connectivity index (χ0v) is 17.9. The molecule has 30 heavy (non-hydrogen) atoms. The Morgan fingerprint density at radius 1 is 1.03 bits per heavy atom. The van der Waals surface area contributed by atoms with Gasteiger partial charge in [-0.05, 0) is 23.3 Å². The number of thioether (sulfide) groups is 1. The quantitative estimate of drug-likeness (QED) is 0.737. The van der Waals surface area contributed by atoms with E-state index in [1.165, 1.54) is 11.1 Å². The van der Waals surface area contributed by atoms with Crippen molar-refractivity contribution in [3.63, 3.8) is 0 Å². The number of fused-ring (bicyclic) bond motifs is 1. The molecule has 0 spiro atoms. The smallest absolute Gasteiger partial charge is 0.246 e. The largest absolute Gasteiger partial charge is 0.497 e. The van der Waals surface area contributed by atoms with Crippen LogP contribution in [-0.4, -0.2) is 66.2 Å². The molecular weight excluding hydrogens is 398 g/mol. The summed E-state index contributed by atoms with van der Waals surface area (Å²) in [4.78, 5) is 29.7. The second kappa shape index (κ2) is 9.53. The molecule has 0 unspecified atom stereocenters. The van der Waals surface area contributed by atoms with Gasteiger partial charge in [-0.2, -0.15) is 11.8 Å². The van der Waals surface area contributed by atoms with Gasteiger partial charge in [-0.25, -0.2) is 0 Å². The molecule has 7 heteroatoms. The molecule has 0 radical (unpaired) electrons. The molecule has 6 nitrogen and oxygen atoms in total. The number of nitrogens with one attached hydrogen (secondary N) is 1. The summed E-state index contributed by atoms with van der Waals surface area (Å²) in [5, 5.41) is 2.96. The minimum atomic E-state index is -0.435. The first kappa shape index (κ1) is 20.8. The Bertz CT molecular complexity index is 875. The number of amides is 2. The molecule has 2 amide bonds. The van der Waals surface area contributed by atoms with Gasteiger partial charge in [-0.3, -0.25) is 14.5 Å². The third kappa shape index (κ3) is 4.79. The van der Waals surface area contributed by atoms with Crippen LogP contribution in [0.2, 0.25) is 0 Å². The minimum absolute atomic E-state index is 0.0423.